The first-order valence-electron chi connectivity index (χ1n) is 9.15. The van der Waals surface area contributed by atoms with E-state index in [9.17, 15) is 20.2 Å². The van der Waals surface area contributed by atoms with Gasteiger partial charge in [0, 0.05) is 36.6 Å². The smallest absolute Gasteiger partial charge is 0.282 e. The molecule has 2 aromatic carbocycles. The molecule has 0 saturated carbocycles. The van der Waals surface area contributed by atoms with Crippen molar-refractivity contribution in [2.45, 2.75) is 0 Å². The number of alkyl halides is 2. The number of amides is 1. The lowest BCUT2D eigenvalue weighted by Gasteiger charge is -2.22. The van der Waals surface area contributed by atoms with Crippen LogP contribution in [0.1, 0.15) is 11.1 Å². The van der Waals surface area contributed by atoms with Crippen molar-refractivity contribution in [1.29, 1.82) is 5.26 Å². The van der Waals surface area contributed by atoms with Gasteiger partial charge in [0.25, 0.3) is 11.6 Å². The van der Waals surface area contributed by atoms with E-state index in [0.717, 1.165) is 11.9 Å². The van der Waals surface area contributed by atoms with Gasteiger partial charge in [0.05, 0.1) is 16.7 Å². The molecule has 0 aromatic heterocycles. The molecule has 160 valence electrons. The van der Waals surface area contributed by atoms with Crippen LogP contribution in [0.25, 0.3) is 6.08 Å². The Balaban J connectivity index is 2.10. The van der Waals surface area contributed by atoms with Crippen LogP contribution in [0.5, 0.6) is 0 Å². The molecule has 0 atom stereocenters. The Morgan fingerprint density at radius 1 is 1.16 bits per heavy atom. The summed E-state index contributed by atoms with van der Waals surface area (Å²) in [5, 5.41) is 24.0. The van der Waals surface area contributed by atoms with Gasteiger partial charge >= 0.3 is 0 Å². The van der Waals surface area contributed by atoms with E-state index >= 15 is 0 Å². The minimum atomic E-state index is -0.729. The van der Waals surface area contributed by atoms with Crippen molar-refractivity contribution in [1.82, 2.24) is 5.43 Å². The largest absolute Gasteiger partial charge is 0.369 e. The number of nitrogens with one attached hydrogen (secondary N) is 1. The van der Waals surface area contributed by atoms with Crippen molar-refractivity contribution < 1.29 is 9.72 Å². The van der Waals surface area contributed by atoms with E-state index < -0.39 is 10.8 Å². The van der Waals surface area contributed by atoms with E-state index in [-0.39, 0.29) is 16.8 Å². The molecule has 1 N–H and O–H groups in total. The molecule has 0 unspecified atom stereocenters. The average molecular weight is 460 g/mol. The van der Waals surface area contributed by atoms with Crippen LogP contribution in [-0.4, -0.2) is 41.9 Å². The van der Waals surface area contributed by atoms with Crippen molar-refractivity contribution in [2.24, 2.45) is 5.10 Å². The van der Waals surface area contributed by atoms with Crippen molar-refractivity contribution in [2.75, 3.05) is 29.7 Å². The Morgan fingerprint density at radius 2 is 1.81 bits per heavy atom. The number of carbonyl (C=O) groups is 1. The van der Waals surface area contributed by atoms with Crippen LogP contribution < -0.4 is 10.3 Å². The number of benzene rings is 2. The van der Waals surface area contributed by atoms with Crippen molar-refractivity contribution in [3.63, 3.8) is 0 Å². The monoisotopic (exact) mass is 459 g/mol. The van der Waals surface area contributed by atoms with Crippen LogP contribution in [0.15, 0.2) is 59.2 Å². The Bertz CT molecular complexity index is 1010. The zero-order chi connectivity index (χ0) is 22.6. The van der Waals surface area contributed by atoms with Crippen LogP contribution in [0.2, 0.25) is 0 Å². The summed E-state index contributed by atoms with van der Waals surface area (Å²) < 4.78 is 0. The molecule has 1 amide bonds. The zero-order valence-corrected chi connectivity index (χ0v) is 17.9. The van der Waals surface area contributed by atoms with Crippen LogP contribution in [0, 0.1) is 21.4 Å². The van der Waals surface area contributed by atoms with Crippen LogP contribution in [0.4, 0.5) is 11.4 Å². The highest BCUT2D eigenvalue weighted by molar-refractivity contribution is 6.18. The van der Waals surface area contributed by atoms with Gasteiger partial charge in [-0.1, -0.05) is 24.3 Å². The van der Waals surface area contributed by atoms with Gasteiger partial charge in [-0.2, -0.15) is 10.4 Å². The summed E-state index contributed by atoms with van der Waals surface area (Å²) in [6, 6.07) is 15.0. The number of nitriles is 1. The highest BCUT2D eigenvalue weighted by Crippen LogP contribution is 2.18. The van der Waals surface area contributed by atoms with Crippen molar-refractivity contribution in [3.05, 3.63) is 75.3 Å². The second kappa shape index (κ2) is 12.3. The third kappa shape index (κ3) is 7.10. The fourth-order valence-electron chi connectivity index (χ4n) is 2.65. The van der Waals surface area contributed by atoms with E-state index in [0.29, 0.717) is 30.4 Å². The highest BCUT2D eigenvalue weighted by Gasteiger charge is 2.12. The minimum Gasteiger partial charge on any atom is -0.369 e. The Morgan fingerprint density at radius 3 is 2.39 bits per heavy atom. The van der Waals surface area contributed by atoms with E-state index in [4.69, 9.17) is 23.2 Å². The number of para-hydroxylation sites is 1. The molecule has 0 fully saturated rings. The molecule has 0 aliphatic heterocycles. The average Bonchev–Trinajstić information content (AvgIpc) is 2.78. The number of nitro groups is 1. The quantitative estimate of drug-likeness (QED) is 0.144. The molecule has 8 nitrogen and oxygen atoms in total. The van der Waals surface area contributed by atoms with Crippen molar-refractivity contribution >= 4 is 52.8 Å². The Labute approximate surface area is 189 Å². The lowest BCUT2D eigenvalue weighted by Crippen LogP contribution is -2.27. The molecule has 0 heterocycles. The van der Waals surface area contributed by atoms with Crippen molar-refractivity contribution in [3.8, 4) is 6.07 Å². The summed E-state index contributed by atoms with van der Waals surface area (Å²) in [5.74, 6) is 0.195. The number of anilines is 1. The second-order valence-electron chi connectivity index (χ2n) is 6.14. The highest BCUT2D eigenvalue weighted by atomic mass is 35.5. The Hall–Kier alpha value is -3.41. The molecule has 0 bridgehead atoms. The van der Waals surface area contributed by atoms with Gasteiger partial charge in [-0.3, -0.25) is 14.9 Å². The molecular weight excluding hydrogens is 441 g/mol. The molecule has 0 aliphatic carbocycles. The van der Waals surface area contributed by atoms with Gasteiger partial charge in [0.2, 0.25) is 0 Å². The SMILES string of the molecule is N#C/C(=C\c1ccc(N(CCCl)CCCl)cc1)C(=O)N/N=C/c1ccccc1[N+](=O)[O-]. The standard InChI is InChI=1S/C21H19Cl2N5O3/c22-9-11-27(12-10-23)19-7-5-16(6-8-19)13-18(14-24)21(29)26-25-15-17-3-1-2-4-20(17)28(30)31/h1-8,13,15H,9-12H2,(H,26,29)/b18-13+,25-15+. The fourth-order valence-corrected chi connectivity index (χ4v) is 3.06. The molecule has 0 spiro atoms. The first-order chi connectivity index (χ1) is 15.0. The summed E-state index contributed by atoms with van der Waals surface area (Å²) in [6.45, 7) is 1.29. The topological polar surface area (TPSA) is 112 Å². The second-order valence-corrected chi connectivity index (χ2v) is 6.90. The molecule has 10 heteroatoms. The van der Waals surface area contributed by atoms with Crippen LogP contribution >= 0.6 is 23.2 Å². The maximum absolute atomic E-state index is 12.2. The minimum absolute atomic E-state index is 0.144. The predicted octanol–water partition coefficient (Wildman–Crippen LogP) is 3.94. The summed E-state index contributed by atoms with van der Waals surface area (Å²) in [6.07, 6.45) is 2.58. The normalized spacial score (nSPS) is 11.2. The number of halogens is 2. The maximum Gasteiger partial charge on any atom is 0.282 e. The summed E-state index contributed by atoms with van der Waals surface area (Å²) >= 11 is 11.6. The predicted molar refractivity (Wildman–Crippen MR) is 123 cm³/mol. The molecular formula is C21H19Cl2N5O3. The van der Waals surface area contributed by atoms with Gasteiger partial charge in [-0.05, 0) is 29.8 Å². The molecule has 31 heavy (non-hydrogen) atoms. The maximum atomic E-state index is 12.2. The summed E-state index contributed by atoms with van der Waals surface area (Å²) in [7, 11) is 0. The van der Waals surface area contributed by atoms with E-state index in [1.165, 1.54) is 24.3 Å². The number of hydrazone groups is 1. The molecule has 0 aliphatic rings. The Kier molecular flexibility index (Phi) is 9.49. The fraction of sp³-hybridized carbons (Fsp3) is 0.190. The van der Waals surface area contributed by atoms with Gasteiger partial charge in [-0.25, -0.2) is 5.43 Å². The van der Waals surface area contributed by atoms with Crippen LogP contribution in [0.3, 0.4) is 0 Å². The van der Waals surface area contributed by atoms with E-state index in [1.807, 2.05) is 23.1 Å². The third-order valence-electron chi connectivity index (χ3n) is 4.15. The first-order valence-corrected chi connectivity index (χ1v) is 10.2. The van der Waals surface area contributed by atoms with Gasteiger partial charge < -0.3 is 4.90 Å². The first kappa shape index (κ1) is 23.9. The molecule has 0 radical (unpaired) electrons. The zero-order valence-electron chi connectivity index (χ0n) is 16.4. The lowest BCUT2D eigenvalue weighted by molar-refractivity contribution is -0.385. The number of nitro benzene ring substituents is 1. The molecule has 2 aromatic rings. The number of nitrogens with zero attached hydrogens (tertiary/aromatic N) is 4. The van der Waals surface area contributed by atoms with Gasteiger partial charge in [0.15, 0.2) is 0 Å². The van der Waals surface area contributed by atoms with Gasteiger partial charge in [0.1, 0.15) is 11.6 Å². The van der Waals surface area contributed by atoms with E-state index in [1.54, 1.807) is 18.2 Å². The summed E-state index contributed by atoms with van der Waals surface area (Å²) in [5.41, 5.74) is 3.71. The van der Waals surface area contributed by atoms with E-state index in [2.05, 4.69) is 10.5 Å². The van der Waals surface area contributed by atoms with Gasteiger partial charge in [-0.15, -0.1) is 23.2 Å². The number of hydrogen-bond donors (Lipinski definition) is 1. The molecule has 2 rings (SSSR count). The lowest BCUT2D eigenvalue weighted by atomic mass is 10.1. The molecule has 0 saturated heterocycles. The van der Waals surface area contributed by atoms with Crippen LogP contribution in [-0.2, 0) is 4.79 Å². The number of carbonyl (C=O) groups excluding carboxylic acids is 1. The third-order valence-corrected chi connectivity index (χ3v) is 4.48. The number of rotatable bonds is 10. The number of hydrogen-bond acceptors (Lipinski definition) is 6. The summed E-state index contributed by atoms with van der Waals surface area (Å²) in [4.78, 5) is 24.7.